The highest BCUT2D eigenvalue weighted by molar-refractivity contribution is 5.97. The summed E-state index contributed by atoms with van der Waals surface area (Å²) in [6.45, 7) is 3.30. The van der Waals surface area contributed by atoms with E-state index in [0.717, 1.165) is 29.5 Å². The molecular formula is C29H29N3O3. The SMILES string of the molecule is C[C@H](NC(=O)CC1CCN(C(=O)c2ccc3nc(-c4ccccc4)oc3c2)CC1)c1ccccc1. The zero-order valence-electron chi connectivity index (χ0n) is 19.8. The van der Waals surface area contributed by atoms with Crippen LogP contribution in [-0.2, 0) is 4.79 Å². The van der Waals surface area contributed by atoms with Crippen LogP contribution >= 0.6 is 0 Å². The summed E-state index contributed by atoms with van der Waals surface area (Å²) >= 11 is 0. The van der Waals surface area contributed by atoms with Crippen molar-refractivity contribution in [2.75, 3.05) is 13.1 Å². The van der Waals surface area contributed by atoms with Crippen molar-refractivity contribution in [3.05, 3.63) is 90.0 Å². The fourth-order valence-corrected chi connectivity index (χ4v) is 4.67. The zero-order chi connectivity index (χ0) is 24.2. The summed E-state index contributed by atoms with van der Waals surface area (Å²) < 4.78 is 5.93. The molecule has 178 valence electrons. The smallest absolute Gasteiger partial charge is 0.253 e. The summed E-state index contributed by atoms with van der Waals surface area (Å²) in [6.07, 6.45) is 2.13. The second-order valence-electron chi connectivity index (χ2n) is 9.21. The van der Waals surface area contributed by atoms with E-state index in [4.69, 9.17) is 4.42 Å². The summed E-state index contributed by atoms with van der Waals surface area (Å²) in [4.78, 5) is 32.1. The second kappa shape index (κ2) is 10.1. The molecule has 0 bridgehead atoms. The molecule has 6 nitrogen and oxygen atoms in total. The number of fused-ring (bicyclic) bond motifs is 1. The third-order valence-electron chi connectivity index (χ3n) is 6.71. The van der Waals surface area contributed by atoms with Crippen LogP contribution in [0.2, 0.25) is 0 Å². The predicted octanol–water partition coefficient (Wildman–Crippen LogP) is 5.61. The van der Waals surface area contributed by atoms with E-state index >= 15 is 0 Å². The van der Waals surface area contributed by atoms with Gasteiger partial charge in [0.1, 0.15) is 5.52 Å². The highest BCUT2D eigenvalue weighted by atomic mass is 16.3. The molecule has 1 atom stereocenters. The fourth-order valence-electron chi connectivity index (χ4n) is 4.67. The Hall–Kier alpha value is -3.93. The lowest BCUT2D eigenvalue weighted by molar-refractivity contribution is -0.122. The van der Waals surface area contributed by atoms with E-state index in [9.17, 15) is 9.59 Å². The van der Waals surface area contributed by atoms with Crippen molar-refractivity contribution in [1.29, 1.82) is 0 Å². The Labute approximate surface area is 205 Å². The van der Waals surface area contributed by atoms with Crippen molar-refractivity contribution >= 4 is 22.9 Å². The maximum atomic E-state index is 13.1. The number of rotatable bonds is 6. The van der Waals surface area contributed by atoms with Gasteiger partial charge in [-0.05, 0) is 61.6 Å². The molecule has 1 N–H and O–H groups in total. The number of hydrogen-bond donors (Lipinski definition) is 1. The zero-order valence-corrected chi connectivity index (χ0v) is 19.8. The average molecular weight is 468 g/mol. The van der Waals surface area contributed by atoms with Gasteiger partial charge in [0.2, 0.25) is 11.8 Å². The number of nitrogens with one attached hydrogen (secondary N) is 1. The molecule has 0 saturated carbocycles. The predicted molar refractivity (Wildman–Crippen MR) is 136 cm³/mol. The third kappa shape index (κ3) is 5.27. The Bertz CT molecular complexity index is 1310. The number of nitrogens with zero attached hydrogens (tertiary/aromatic N) is 2. The number of oxazole rings is 1. The number of piperidine rings is 1. The molecule has 6 heteroatoms. The normalized spacial score (nSPS) is 15.2. The average Bonchev–Trinajstić information content (AvgIpc) is 3.33. The molecule has 3 aromatic carbocycles. The molecular weight excluding hydrogens is 438 g/mol. The van der Waals surface area contributed by atoms with E-state index in [1.54, 1.807) is 6.07 Å². The largest absolute Gasteiger partial charge is 0.436 e. The number of benzene rings is 3. The molecule has 4 aromatic rings. The number of aromatic nitrogens is 1. The van der Waals surface area contributed by atoms with Gasteiger partial charge in [-0.3, -0.25) is 9.59 Å². The topological polar surface area (TPSA) is 75.4 Å². The Morgan fingerprint density at radius 2 is 1.69 bits per heavy atom. The molecule has 1 saturated heterocycles. The first-order valence-electron chi connectivity index (χ1n) is 12.2. The first-order chi connectivity index (χ1) is 17.1. The van der Waals surface area contributed by atoms with Gasteiger partial charge in [-0.2, -0.15) is 0 Å². The van der Waals surface area contributed by atoms with E-state index in [-0.39, 0.29) is 23.8 Å². The molecule has 0 aliphatic carbocycles. The van der Waals surface area contributed by atoms with Gasteiger partial charge in [-0.25, -0.2) is 4.98 Å². The number of carbonyl (C=O) groups excluding carboxylic acids is 2. The van der Waals surface area contributed by atoms with Crippen LogP contribution in [0.4, 0.5) is 0 Å². The maximum absolute atomic E-state index is 13.1. The van der Waals surface area contributed by atoms with Crippen LogP contribution < -0.4 is 5.32 Å². The molecule has 1 aliphatic heterocycles. The van der Waals surface area contributed by atoms with E-state index in [1.165, 1.54) is 0 Å². The van der Waals surface area contributed by atoms with Crippen LogP contribution in [0.15, 0.2) is 83.3 Å². The minimum atomic E-state index is -0.0150. The molecule has 5 rings (SSSR count). The van der Waals surface area contributed by atoms with Gasteiger partial charge < -0.3 is 14.6 Å². The Morgan fingerprint density at radius 3 is 2.40 bits per heavy atom. The monoisotopic (exact) mass is 467 g/mol. The molecule has 0 spiro atoms. The lowest BCUT2D eigenvalue weighted by atomic mass is 9.92. The van der Waals surface area contributed by atoms with Gasteiger partial charge >= 0.3 is 0 Å². The minimum absolute atomic E-state index is 0.00911. The molecule has 0 radical (unpaired) electrons. The van der Waals surface area contributed by atoms with Crippen LogP contribution in [-0.4, -0.2) is 34.8 Å². The molecule has 35 heavy (non-hydrogen) atoms. The molecule has 2 heterocycles. The quantitative estimate of drug-likeness (QED) is 0.400. The van der Waals surface area contributed by atoms with E-state index in [2.05, 4.69) is 10.3 Å². The first-order valence-corrected chi connectivity index (χ1v) is 12.2. The molecule has 1 aromatic heterocycles. The molecule has 1 fully saturated rings. The Kier molecular flexibility index (Phi) is 6.62. The van der Waals surface area contributed by atoms with Crippen molar-refractivity contribution < 1.29 is 14.0 Å². The van der Waals surface area contributed by atoms with E-state index in [0.29, 0.717) is 36.5 Å². The summed E-state index contributed by atoms with van der Waals surface area (Å²) in [5, 5.41) is 3.10. The van der Waals surface area contributed by atoms with Crippen molar-refractivity contribution in [2.45, 2.75) is 32.2 Å². The van der Waals surface area contributed by atoms with Crippen molar-refractivity contribution in [2.24, 2.45) is 5.92 Å². The summed E-state index contributed by atoms with van der Waals surface area (Å²) in [7, 11) is 0. The number of amides is 2. The summed E-state index contributed by atoms with van der Waals surface area (Å²) in [5.41, 5.74) is 3.94. The first kappa shape index (κ1) is 22.8. The molecule has 2 amide bonds. The fraction of sp³-hybridized carbons (Fsp3) is 0.276. The maximum Gasteiger partial charge on any atom is 0.253 e. The summed E-state index contributed by atoms with van der Waals surface area (Å²) in [6, 6.07) is 25.1. The van der Waals surface area contributed by atoms with E-state index < -0.39 is 0 Å². The number of carbonyl (C=O) groups is 2. The van der Waals surface area contributed by atoms with Gasteiger partial charge in [0.15, 0.2) is 5.58 Å². The molecule has 1 aliphatic rings. The van der Waals surface area contributed by atoms with Crippen molar-refractivity contribution in [3.63, 3.8) is 0 Å². The van der Waals surface area contributed by atoms with Gasteiger partial charge in [0.25, 0.3) is 5.91 Å². The number of likely N-dealkylation sites (tertiary alicyclic amines) is 1. The van der Waals surface area contributed by atoms with Gasteiger partial charge in [-0.1, -0.05) is 48.5 Å². The van der Waals surface area contributed by atoms with Gasteiger partial charge in [-0.15, -0.1) is 0 Å². The van der Waals surface area contributed by atoms with Crippen LogP contribution in [0.1, 0.15) is 48.1 Å². The minimum Gasteiger partial charge on any atom is -0.436 e. The number of hydrogen-bond acceptors (Lipinski definition) is 4. The summed E-state index contributed by atoms with van der Waals surface area (Å²) in [5.74, 6) is 0.888. The van der Waals surface area contributed by atoms with Crippen LogP contribution in [0.3, 0.4) is 0 Å². The van der Waals surface area contributed by atoms with Gasteiger partial charge in [0, 0.05) is 30.6 Å². The van der Waals surface area contributed by atoms with Gasteiger partial charge in [0.05, 0.1) is 6.04 Å². The highest BCUT2D eigenvalue weighted by Crippen LogP contribution is 2.27. The van der Waals surface area contributed by atoms with Crippen molar-refractivity contribution in [1.82, 2.24) is 15.2 Å². The lowest BCUT2D eigenvalue weighted by Gasteiger charge is -2.32. The van der Waals surface area contributed by atoms with E-state index in [1.807, 2.05) is 84.6 Å². The lowest BCUT2D eigenvalue weighted by Crippen LogP contribution is -2.39. The van der Waals surface area contributed by atoms with Crippen LogP contribution in [0.5, 0.6) is 0 Å². The standard InChI is InChI=1S/C29H29N3O3/c1-20(22-8-4-2-5-9-22)30-27(33)18-21-14-16-32(17-15-21)29(34)24-12-13-25-26(19-24)35-28(31-25)23-10-6-3-7-11-23/h2-13,19-21H,14-18H2,1H3,(H,30,33)/t20-/m0/s1. The Balaban J connectivity index is 1.16. The third-order valence-corrected chi connectivity index (χ3v) is 6.71. The Morgan fingerprint density at radius 1 is 1.00 bits per heavy atom. The second-order valence-corrected chi connectivity index (χ2v) is 9.21. The highest BCUT2D eigenvalue weighted by Gasteiger charge is 2.26. The van der Waals surface area contributed by atoms with Crippen LogP contribution in [0, 0.1) is 5.92 Å². The van der Waals surface area contributed by atoms with Crippen LogP contribution in [0.25, 0.3) is 22.6 Å². The molecule has 0 unspecified atom stereocenters. The van der Waals surface area contributed by atoms with Crippen molar-refractivity contribution in [3.8, 4) is 11.5 Å².